The van der Waals surface area contributed by atoms with Gasteiger partial charge >= 0.3 is 0 Å². The maximum Gasteiger partial charge on any atom is 0.126 e. The summed E-state index contributed by atoms with van der Waals surface area (Å²) in [6, 6.07) is 5.56. The summed E-state index contributed by atoms with van der Waals surface area (Å²) in [4.78, 5) is 8.45. The minimum atomic E-state index is 0.565. The lowest BCUT2D eigenvalue weighted by molar-refractivity contribution is 1.06. The SMILES string of the molecule is Cc1csc(CNc2ccc(C#N)cn2)n1. The Balaban J connectivity index is 1.97. The quantitative estimate of drug-likeness (QED) is 0.879. The van der Waals surface area contributed by atoms with Crippen LogP contribution < -0.4 is 5.32 Å². The van der Waals surface area contributed by atoms with Crippen LogP contribution in [-0.4, -0.2) is 9.97 Å². The zero-order valence-electron chi connectivity index (χ0n) is 8.77. The van der Waals surface area contributed by atoms with Crippen LogP contribution in [0.15, 0.2) is 23.7 Å². The predicted octanol–water partition coefficient (Wildman–Crippen LogP) is 2.33. The lowest BCUT2D eigenvalue weighted by Gasteiger charge is -2.02. The van der Waals surface area contributed by atoms with E-state index in [1.807, 2.05) is 18.4 Å². The number of rotatable bonds is 3. The number of nitrogens with one attached hydrogen (secondary N) is 1. The molecule has 0 bridgehead atoms. The molecule has 4 nitrogen and oxygen atoms in total. The molecule has 0 aliphatic heterocycles. The molecule has 0 aliphatic rings. The van der Waals surface area contributed by atoms with E-state index in [4.69, 9.17) is 5.26 Å². The third-order valence-corrected chi connectivity index (χ3v) is 2.95. The van der Waals surface area contributed by atoms with Crippen molar-refractivity contribution in [3.63, 3.8) is 0 Å². The molecule has 0 fully saturated rings. The maximum atomic E-state index is 8.62. The topological polar surface area (TPSA) is 61.6 Å². The van der Waals surface area contributed by atoms with E-state index in [1.165, 1.54) is 0 Å². The first-order valence-electron chi connectivity index (χ1n) is 4.79. The first-order valence-corrected chi connectivity index (χ1v) is 5.67. The van der Waals surface area contributed by atoms with E-state index in [0.717, 1.165) is 16.5 Å². The monoisotopic (exact) mass is 230 g/mol. The van der Waals surface area contributed by atoms with Crippen molar-refractivity contribution in [1.29, 1.82) is 5.26 Å². The third kappa shape index (κ3) is 2.55. The second-order valence-electron chi connectivity index (χ2n) is 3.28. The minimum Gasteiger partial charge on any atom is -0.364 e. The van der Waals surface area contributed by atoms with Crippen molar-refractivity contribution in [2.45, 2.75) is 13.5 Å². The molecule has 0 spiro atoms. The van der Waals surface area contributed by atoms with E-state index in [-0.39, 0.29) is 0 Å². The zero-order chi connectivity index (χ0) is 11.4. The summed E-state index contributed by atoms with van der Waals surface area (Å²) in [6.07, 6.45) is 1.55. The molecule has 2 heterocycles. The summed E-state index contributed by atoms with van der Waals surface area (Å²) in [5.74, 6) is 0.756. The molecule has 0 aliphatic carbocycles. The summed E-state index contributed by atoms with van der Waals surface area (Å²) in [6.45, 7) is 2.64. The number of hydrogen-bond donors (Lipinski definition) is 1. The minimum absolute atomic E-state index is 0.565. The van der Waals surface area contributed by atoms with E-state index in [1.54, 1.807) is 29.7 Å². The molecule has 0 atom stereocenters. The van der Waals surface area contributed by atoms with Gasteiger partial charge in [-0.15, -0.1) is 11.3 Å². The van der Waals surface area contributed by atoms with Gasteiger partial charge in [-0.05, 0) is 19.1 Å². The Morgan fingerprint density at radius 3 is 2.94 bits per heavy atom. The van der Waals surface area contributed by atoms with Crippen molar-refractivity contribution in [2.75, 3.05) is 5.32 Å². The maximum absolute atomic E-state index is 8.62. The van der Waals surface area contributed by atoms with Crippen molar-refractivity contribution < 1.29 is 0 Å². The van der Waals surface area contributed by atoms with Crippen LogP contribution in [-0.2, 0) is 6.54 Å². The fourth-order valence-electron chi connectivity index (χ4n) is 1.21. The summed E-state index contributed by atoms with van der Waals surface area (Å²) in [7, 11) is 0. The zero-order valence-corrected chi connectivity index (χ0v) is 9.58. The van der Waals surface area contributed by atoms with E-state index >= 15 is 0 Å². The predicted molar refractivity (Wildman–Crippen MR) is 63.1 cm³/mol. The molecule has 2 aromatic rings. The van der Waals surface area contributed by atoms with E-state index < -0.39 is 0 Å². The second-order valence-corrected chi connectivity index (χ2v) is 4.22. The van der Waals surface area contributed by atoms with Gasteiger partial charge in [-0.3, -0.25) is 0 Å². The number of pyridine rings is 1. The Bertz CT molecular complexity index is 510. The molecule has 2 rings (SSSR count). The van der Waals surface area contributed by atoms with Crippen LogP contribution in [0, 0.1) is 18.3 Å². The molecule has 0 saturated carbocycles. The first-order chi connectivity index (χ1) is 7.78. The Labute approximate surface area is 97.6 Å². The van der Waals surface area contributed by atoms with Crippen LogP contribution in [0.5, 0.6) is 0 Å². The summed E-state index contributed by atoms with van der Waals surface area (Å²) >= 11 is 1.62. The lowest BCUT2D eigenvalue weighted by Crippen LogP contribution is -2.00. The normalized spacial score (nSPS) is 9.75. The van der Waals surface area contributed by atoms with Crippen molar-refractivity contribution >= 4 is 17.2 Å². The van der Waals surface area contributed by atoms with Gasteiger partial charge in [0.15, 0.2) is 0 Å². The molecule has 1 N–H and O–H groups in total. The Morgan fingerprint density at radius 1 is 1.50 bits per heavy atom. The summed E-state index contributed by atoms with van der Waals surface area (Å²) < 4.78 is 0. The highest BCUT2D eigenvalue weighted by molar-refractivity contribution is 7.09. The molecule has 80 valence electrons. The number of hydrogen-bond acceptors (Lipinski definition) is 5. The Hall–Kier alpha value is -1.93. The fourth-order valence-corrected chi connectivity index (χ4v) is 1.93. The Kier molecular flexibility index (Phi) is 3.13. The highest BCUT2D eigenvalue weighted by Gasteiger charge is 1.99. The molecule has 0 aromatic carbocycles. The van der Waals surface area contributed by atoms with Gasteiger partial charge in [0.05, 0.1) is 12.1 Å². The highest BCUT2D eigenvalue weighted by Crippen LogP contribution is 2.11. The molecular weight excluding hydrogens is 220 g/mol. The largest absolute Gasteiger partial charge is 0.364 e. The van der Waals surface area contributed by atoms with Crippen LogP contribution in [0.3, 0.4) is 0 Å². The van der Waals surface area contributed by atoms with Crippen molar-refractivity contribution in [1.82, 2.24) is 9.97 Å². The molecule has 5 heteroatoms. The second kappa shape index (κ2) is 4.73. The lowest BCUT2D eigenvalue weighted by atomic mass is 10.3. The highest BCUT2D eigenvalue weighted by atomic mass is 32.1. The number of aromatic nitrogens is 2. The fraction of sp³-hybridized carbons (Fsp3) is 0.182. The van der Waals surface area contributed by atoms with Gasteiger partial charge in [0, 0.05) is 17.3 Å². The van der Waals surface area contributed by atoms with Crippen LogP contribution >= 0.6 is 11.3 Å². The van der Waals surface area contributed by atoms with E-state index in [2.05, 4.69) is 15.3 Å². The first kappa shape index (κ1) is 10.6. The van der Waals surface area contributed by atoms with Gasteiger partial charge in [-0.2, -0.15) is 5.26 Å². The molecule has 0 saturated heterocycles. The average molecular weight is 230 g/mol. The van der Waals surface area contributed by atoms with Gasteiger partial charge in [-0.1, -0.05) is 0 Å². The standard InChI is InChI=1S/C11H10N4S/c1-8-7-16-11(15-8)6-14-10-3-2-9(4-12)5-13-10/h2-3,5,7H,6H2,1H3,(H,13,14). The van der Waals surface area contributed by atoms with E-state index in [9.17, 15) is 0 Å². The molecule has 0 radical (unpaired) electrons. The van der Waals surface area contributed by atoms with Crippen LogP contribution in [0.1, 0.15) is 16.3 Å². The summed E-state index contributed by atoms with van der Waals surface area (Å²) in [5.41, 5.74) is 1.60. The van der Waals surface area contributed by atoms with Gasteiger partial charge < -0.3 is 5.32 Å². The van der Waals surface area contributed by atoms with Crippen LogP contribution in [0.4, 0.5) is 5.82 Å². The molecule has 0 unspecified atom stereocenters. The number of anilines is 1. The van der Waals surface area contributed by atoms with E-state index in [0.29, 0.717) is 12.1 Å². The van der Waals surface area contributed by atoms with Gasteiger partial charge in [0.1, 0.15) is 16.9 Å². The Morgan fingerprint density at radius 2 is 2.38 bits per heavy atom. The van der Waals surface area contributed by atoms with Gasteiger partial charge in [0.25, 0.3) is 0 Å². The molecular formula is C11H10N4S. The van der Waals surface area contributed by atoms with Crippen LogP contribution in [0.25, 0.3) is 0 Å². The molecule has 0 amide bonds. The number of aryl methyl sites for hydroxylation is 1. The third-order valence-electron chi connectivity index (χ3n) is 1.98. The summed E-state index contributed by atoms with van der Waals surface area (Å²) in [5, 5.41) is 14.8. The number of nitrogens with zero attached hydrogens (tertiary/aromatic N) is 3. The average Bonchev–Trinajstić information content (AvgIpc) is 2.73. The van der Waals surface area contributed by atoms with Gasteiger partial charge in [0.2, 0.25) is 0 Å². The molecule has 16 heavy (non-hydrogen) atoms. The molecule has 2 aromatic heterocycles. The van der Waals surface area contributed by atoms with Crippen molar-refractivity contribution in [3.05, 3.63) is 40.0 Å². The number of thiazole rings is 1. The van der Waals surface area contributed by atoms with Crippen molar-refractivity contribution in [3.8, 4) is 6.07 Å². The van der Waals surface area contributed by atoms with Gasteiger partial charge in [-0.25, -0.2) is 9.97 Å². The smallest absolute Gasteiger partial charge is 0.126 e. The number of nitriles is 1. The van der Waals surface area contributed by atoms with Crippen molar-refractivity contribution in [2.24, 2.45) is 0 Å². The van der Waals surface area contributed by atoms with Crippen LogP contribution in [0.2, 0.25) is 0 Å².